The predicted molar refractivity (Wildman–Crippen MR) is 84.7 cm³/mol. The Labute approximate surface area is 128 Å². The quantitative estimate of drug-likeness (QED) is 0.792. The molecule has 0 aliphatic heterocycles. The van der Waals surface area contributed by atoms with Crippen molar-refractivity contribution in [3.63, 3.8) is 0 Å². The molecule has 0 saturated heterocycles. The Bertz CT molecular complexity index is 651. The van der Waals surface area contributed by atoms with Gasteiger partial charge in [0.15, 0.2) is 0 Å². The number of carbonyl (C=O) groups excluding carboxylic acids is 2. The number of hydrogen-bond donors (Lipinski definition) is 3. The molecule has 0 fully saturated rings. The van der Waals surface area contributed by atoms with Crippen LogP contribution in [-0.2, 0) is 11.3 Å². The maximum Gasteiger partial charge on any atom is 0.319 e. The molecule has 1 aromatic heterocycles. The first-order chi connectivity index (χ1) is 10.6. The lowest BCUT2D eigenvalue weighted by molar-refractivity contribution is -0.115. The lowest BCUT2D eigenvalue weighted by Crippen LogP contribution is -2.28. The van der Waals surface area contributed by atoms with Crippen molar-refractivity contribution in [1.29, 1.82) is 0 Å². The van der Waals surface area contributed by atoms with E-state index in [-0.39, 0.29) is 11.9 Å². The SMILES string of the molecule is CCC(=O)Nc1ccc(C)c(NC(=O)NCc2ccco2)c1. The van der Waals surface area contributed by atoms with E-state index >= 15 is 0 Å². The molecule has 0 atom stereocenters. The van der Waals surface area contributed by atoms with E-state index in [9.17, 15) is 9.59 Å². The number of carbonyl (C=O) groups is 2. The van der Waals surface area contributed by atoms with Crippen LogP contribution >= 0.6 is 0 Å². The van der Waals surface area contributed by atoms with Gasteiger partial charge in [-0.1, -0.05) is 13.0 Å². The summed E-state index contributed by atoms with van der Waals surface area (Å²) in [4.78, 5) is 23.3. The van der Waals surface area contributed by atoms with Crippen LogP contribution in [0, 0.1) is 6.92 Å². The van der Waals surface area contributed by atoms with Crippen molar-refractivity contribution < 1.29 is 14.0 Å². The Morgan fingerprint density at radius 2 is 2.00 bits per heavy atom. The number of aryl methyl sites for hydroxylation is 1. The largest absolute Gasteiger partial charge is 0.467 e. The van der Waals surface area contributed by atoms with Crippen LogP contribution in [0.3, 0.4) is 0 Å². The number of amides is 3. The molecule has 6 nitrogen and oxygen atoms in total. The van der Waals surface area contributed by atoms with Crippen molar-refractivity contribution in [3.8, 4) is 0 Å². The second-order valence-corrected chi connectivity index (χ2v) is 4.82. The van der Waals surface area contributed by atoms with Crippen molar-refractivity contribution in [2.75, 3.05) is 10.6 Å². The third kappa shape index (κ3) is 4.37. The molecule has 0 radical (unpaired) electrons. The highest BCUT2D eigenvalue weighted by molar-refractivity contribution is 5.94. The molecular formula is C16H19N3O3. The molecule has 22 heavy (non-hydrogen) atoms. The Morgan fingerprint density at radius 3 is 2.68 bits per heavy atom. The molecule has 2 rings (SSSR count). The summed E-state index contributed by atoms with van der Waals surface area (Å²) in [5, 5.41) is 8.22. The second kappa shape index (κ2) is 7.31. The Kier molecular flexibility index (Phi) is 5.19. The fourth-order valence-corrected chi connectivity index (χ4v) is 1.83. The fourth-order valence-electron chi connectivity index (χ4n) is 1.83. The van der Waals surface area contributed by atoms with E-state index in [2.05, 4.69) is 16.0 Å². The van der Waals surface area contributed by atoms with Crippen LogP contribution in [0.1, 0.15) is 24.7 Å². The molecule has 1 heterocycles. The molecule has 6 heteroatoms. The minimum atomic E-state index is -0.335. The van der Waals surface area contributed by atoms with E-state index in [1.165, 1.54) is 0 Å². The maximum absolute atomic E-state index is 11.9. The number of anilines is 2. The summed E-state index contributed by atoms with van der Waals surface area (Å²) in [5.74, 6) is 0.605. The van der Waals surface area contributed by atoms with E-state index in [1.54, 1.807) is 37.5 Å². The Hall–Kier alpha value is -2.76. The molecule has 1 aromatic carbocycles. The highest BCUT2D eigenvalue weighted by Crippen LogP contribution is 2.20. The summed E-state index contributed by atoms with van der Waals surface area (Å²) >= 11 is 0. The van der Waals surface area contributed by atoms with Gasteiger partial charge < -0.3 is 20.4 Å². The van der Waals surface area contributed by atoms with E-state index in [0.717, 1.165) is 5.56 Å². The lowest BCUT2D eigenvalue weighted by atomic mass is 10.2. The van der Waals surface area contributed by atoms with Crippen LogP contribution in [0.4, 0.5) is 16.2 Å². The third-order valence-electron chi connectivity index (χ3n) is 3.09. The fraction of sp³-hybridized carbons (Fsp3) is 0.250. The molecule has 0 unspecified atom stereocenters. The number of benzene rings is 1. The summed E-state index contributed by atoms with van der Waals surface area (Å²) in [5.41, 5.74) is 2.20. The minimum Gasteiger partial charge on any atom is -0.467 e. The molecule has 0 aliphatic carbocycles. The molecule has 116 valence electrons. The van der Waals surface area contributed by atoms with Crippen LogP contribution in [0.25, 0.3) is 0 Å². The van der Waals surface area contributed by atoms with Crippen molar-refractivity contribution in [1.82, 2.24) is 5.32 Å². The zero-order valence-corrected chi connectivity index (χ0v) is 12.6. The van der Waals surface area contributed by atoms with Gasteiger partial charge in [0.25, 0.3) is 0 Å². The van der Waals surface area contributed by atoms with Crippen LogP contribution in [0.2, 0.25) is 0 Å². The predicted octanol–water partition coefficient (Wildman–Crippen LogP) is 3.26. The first kappa shape index (κ1) is 15.6. The van der Waals surface area contributed by atoms with Crippen molar-refractivity contribution in [3.05, 3.63) is 47.9 Å². The van der Waals surface area contributed by atoms with Crippen molar-refractivity contribution in [2.24, 2.45) is 0 Å². The van der Waals surface area contributed by atoms with Crippen LogP contribution in [-0.4, -0.2) is 11.9 Å². The lowest BCUT2D eigenvalue weighted by Gasteiger charge is -2.11. The summed E-state index contributed by atoms with van der Waals surface area (Å²) < 4.78 is 5.14. The van der Waals surface area contributed by atoms with Crippen LogP contribution in [0.15, 0.2) is 41.0 Å². The molecule has 2 aromatic rings. The number of furan rings is 1. The zero-order chi connectivity index (χ0) is 15.9. The average Bonchev–Trinajstić information content (AvgIpc) is 3.02. The summed E-state index contributed by atoms with van der Waals surface area (Å²) in [6.45, 7) is 3.97. The summed E-state index contributed by atoms with van der Waals surface area (Å²) in [6, 6.07) is 8.58. The number of hydrogen-bond acceptors (Lipinski definition) is 3. The maximum atomic E-state index is 11.9. The molecule has 0 spiro atoms. The van der Waals surface area contributed by atoms with E-state index in [1.807, 2.05) is 13.0 Å². The van der Waals surface area contributed by atoms with Gasteiger partial charge in [0.1, 0.15) is 5.76 Å². The molecule has 0 saturated carbocycles. The van der Waals surface area contributed by atoms with Crippen LogP contribution < -0.4 is 16.0 Å². The smallest absolute Gasteiger partial charge is 0.319 e. The summed E-state index contributed by atoms with van der Waals surface area (Å²) in [7, 11) is 0. The van der Waals surface area contributed by atoms with E-state index < -0.39 is 0 Å². The van der Waals surface area contributed by atoms with Crippen molar-refractivity contribution >= 4 is 23.3 Å². The van der Waals surface area contributed by atoms with Gasteiger partial charge in [-0.2, -0.15) is 0 Å². The first-order valence-corrected chi connectivity index (χ1v) is 7.06. The van der Waals surface area contributed by atoms with Gasteiger partial charge in [-0.05, 0) is 36.8 Å². The van der Waals surface area contributed by atoms with Gasteiger partial charge in [0, 0.05) is 17.8 Å². The number of nitrogens with one attached hydrogen (secondary N) is 3. The molecule has 0 bridgehead atoms. The van der Waals surface area contributed by atoms with Gasteiger partial charge in [-0.15, -0.1) is 0 Å². The normalized spacial score (nSPS) is 10.1. The standard InChI is InChI=1S/C16H19N3O3/c1-3-15(20)18-12-7-6-11(2)14(9-12)19-16(21)17-10-13-5-4-8-22-13/h4-9H,3,10H2,1-2H3,(H,18,20)(H2,17,19,21). The molecule has 3 amide bonds. The van der Waals surface area contributed by atoms with Gasteiger partial charge in [0.2, 0.25) is 5.91 Å². The van der Waals surface area contributed by atoms with Gasteiger partial charge in [-0.3, -0.25) is 4.79 Å². The van der Waals surface area contributed by atoms with Crippen molar-refractivity contribution in [2.45, 2.75) is 26.8 Å². The Balaban J connectivity index is 1.97. The molecule has 3 N–H and O–H groups in total. The third-order valence-corrected chi connectivity index (χ3v) is 3.09. The van der Waals surface area contributed by atoms with Gasteiger partial charge >= 0.3 is 6.03 Å². The second-order valence-electron chi connectivity index (χ2n) is 4.82. The van der Waals surface area contributed by atoms with E-state index in [4.69, 9.17) is 4.42 Å². The zero-order valence-electron chi connectivity index (χ0n) is 12.6. The topological polar surface area (TPSA) is 83.4 Å². The van der Waals surface area contributed by atoms with E-state index in [0.29, 0.717) is 30.1 Å². The van der Waals surface area contributed by atoms with Crippen LogP contribution in [0.5, 0.6) is 0 Å². The number of urea groups is 1. The molecular weight excluding hydrogens is 282 g/mol. The van der Waals surface area contributed by atoms with Gasteiger partial charge in [-0.25, -0.2) is 4.79 Å². The van der Waals surface area contributed by atoms with Gasteiger partial charge in [0.05, 0.1) is 12.8 Å². The minimum absolute atomic E-state index is 0.0722. The Morgan fingerprint density at radius 1 is 1.18 bits per heavy atom. The highest BCUT2D eigenvalue weighted by atomic mass is 16.3. The first-order valence-electron chi connectivity index (χ1n) is 7.06. The highest BCUT2D eigenvalue weighted by Gasteiger charge is 2.07. The monoisotopic (exact) mass is 301 g/mol. The molecule has 0 aliphatic rings. The average molecular weight is 301 g/mol. The number of rotatable bonds is 5. The summed E-state index contributed by atoms with van der Waals surface area (Å²) in [6.07, 6.45) is 1.96.